The van der Waals surface area contributed by atoms with Crippen LogP contribution in [-0.4, -0.2) is 50.4 Å². The maximum atomic E-state index is 11.3. The molecule has 9 nitrogen and oxygen atoms in total. The van der Waals surface area contributed by atoms with E-state index in [2.05, 4.69) is 0 Å². The van der Waals surface area contributed by atoms with E-state index < -0.39 is 17.1 Å². The largest absolute Gasteiger partial charge is 0.464 e. The van der Waals surface area contributed by atoms with Gasteiger partial charge in [-0.3, -0.25) is 10.1 Å². The molecule has 0 aliphatic carbocycles. The molecule has 0 saturated heterocycles. The molecule has 0 fully saturated rings. The van der Waals surface area contributed by atoms with E-state index >= 15 is 0 Å². The predicted molar refractivity (Wildman–Crippen MR) is 81.2 cm³/mol. The van der Waals surface area contributed by atoms with Crippen LogP contribution in [0.3, 0.4) is 0 Å². The van der Waals surface area contributed by atoms with Gasteiger partial charge in [-0.15, -0.1) is 0 Å². The summed E-state index contributed by atoms with van der Waals surface area (Å²) >= 11 is 0. The number of amides is 2. The van der Waals surface area contributed by atoms with Crippen molar-refractivity contribution >= 4 is 17.9 Å². The second-order valence-corrected chi connectivity index (χ2v) is 4.84. The second kappa shape index (κ2) is 8.57. The monoisotopic (exact) mass is 325 g/mol. The first-order valence-corrected chi connectivity index (χ1v) is 7.11. The zero-order valence-electron chi connectivity index (χ0n) is 12.7. The molecule has 9 heteroatoms. The number of nitro groups is 1. The quantitative estimate of drug-likeness (QED) is 0.586. The van der Waals surface area contributed by atoms with Gasteiger partial charge in [0.05, 0.1) is 11.5 Å². The third-order valence-corrected chi connectivity index (χ3v) is 3.22. The third-order valence-electron chi connectivity index (χ3n) is 3.22. The Morgan fingerprint density at radius 1 is 1.09 bits per heavy atom. The van der Waals surface area contributed by atoms with Crippen molar-refractivity contribution in [3.8, 4) is 0 Å². The van der Waals surface area contributed by atoms with Gasteiger partial charge in [0.25, 0.3) is 5.69 Å². The smallest absolute Gasteiger partial charge is 0.426 e. The van der Waals surface area contributed by atoms with Crippen LogP contribution < -0.4 is 0 Å². The lowest BCUT2D eigenvalue weighted by atomic mass is 10.1. The van der Waals surface area contributed by atoms with E-state index in [4.69, 9.17) is 5.11 Å². The van der Waals surface area contributed by atoms with Crippen molar-refractivity contribution in [1.29, 1.82) is 0 Å². The van der Waals surface area contributed by atoms with E-state index in [0.29, 0.717) is 12.0 Å². The van der Waals surface area contributed by atoms with Crippen LogP contribution in [0.4, 0.5) is 15.3 Å². The first kappa shape index (κ1) is 18.2. The molecule has 0 heterocycles. The maximum absolute atomic E-state index is 11.3. The Hall–Kier alpha value is -2.84. The molecule has 0 bridgehead atoms. The SMILES string of the molecule is CCCCN(C(=O)O)N(CCc1ccc([N+](=O)[O-])cc1)C(=O)O. The Labute approximate surface area is 132 Å². The summed E-state index contributed by atoms with van der Waals surface area (Å²) < 4.78 is 0. The number of carbonyl (C=O) groups is 2. The highest BCUT2D eigenvalue weighted by molar-refractivity contribution is 5.71. The number of non-ortho nitro benzene ring substituents is 1. The first-order valence-electron chi connectivity index (χ1n) is 7.11. The van der Waals surface area contributed by atoms with E-state index in [-0.39, 0.29) is 25.2 Å². The lowest BCUT2D eigenvalue weighted by Gasteiger charge is -2.30. The zero-order valence-corrected chi connectivity index (χ0v) is 12.7. The van der Waals surface area contributed by atoms with Gasteiger partial charge in [0.15, 0.2) is 0 Å². The molecule has 0 aliphatic heterocycles. The van der Waals surface area contributed by atoms with Gasteiger partial charge in [-0.25, -0.2) is 19.6 Å². The number of unbranched alkanes of at least 4 members (excludes halogenated alkanes) is 1. The van der Waals surface area contributed by atoms with Crippen LogP contribution in [0, 0.1) is 10.1 Å². The molecular formula is C14H19N3O6. The van der Waals surface area contributed by atoms with Gasteiger partial charge in [-0.2, -0.15) is 0 Å². The van der Waals surface area contributed by atoms with Crippen LogP contribution >= 0.6 is 0 Å². The molecule has 0 aliphatic rings. The highest BCUT2D eigenvalue weighted by atomic mass is 16.6. The summed E-state index contributed by atoms with van der Waals surface area (Å²) in [6, 6.07) is 5.70. The molecule has 1 aromatic carbocycles. The van der Waals surface area contributed by atoms with Crippen molar-refractivity contribution in [2.45, 2.75) is 26.2 Å². The molecular weight excluding hydrogens is 306 g/mol. The average Bonchev–Trinajstić information content (AvgIpc) is 2.50. The summed E-state index contributed by atoms with van der Waals surface area (Å²) in [6.07, 6.45) is -1.15. The van der Waals surface area contributed by atoms with E-state index in [0.717, 1.165) is 16.4 Å². The summed E-state index contributed by atoms with van der Waals surface area (Å²) in [5, 5.41) is 30.5. The van der Waals surface area contributed by atoms with Crippen LogP contribution in [0.15, 0.2) is 24.3 Å². The van der Waals surface area contributed by atoms with Crippen molar-refractivity contribution in [2.24, 2.45) is 0 Å². The topological polar surface area (TPSA) is 124 Å². The molecule has 0 spiro atoms. The fourth-order valence-corrected chi connectivity index (χ4v) is 1.97. The minimum Gasteiger partial charge on any atom is -0.464 e. The van der Waals surface area contributed by atoms with Crippen molar-refractivity contribution in [3.63, 3.8) is 0 Å². The molecule has 0 atom stereocenters. The van der Waals surface area contributed by atoms with Gasteiger partial charge in [0, 0.05) is 18.7 Å². The third kappa shape index (κ3) is 5.46. The van der Waals surface area contributed by atoms with Crippen molar-refractivity contribution in [2.75, 3.05) is 13.1 Å². The summed E-state index contributed by atoms with van der Waals surface area (Å²) in [4.78, 5) is 32.6. The van der Waals surface area contributed by atoms with E-state index in [9.17, 15) is 24.8 Å². The first-order chi connectivity index (χ1) is 10.9. The number of nitro benzene ring substituents is 1. The Morgan fingerprint density at radius 3 is 2.04 bits per heavy atom. The fourth-order valence-electron chi connectivity index (χ4n) is 1.97. The van der Waals surface area contributed by atoms with Gasteiger partial charge in [0.1, 0.15) is 0 Å². The maximum Gasteiger partial charge on any atom is 0.426 e. The minimum atomic E-state index is -1.36. The molecule has 0 unspecified atom stereocenters. The summed E-state index contributed by atoms with van der Waals surface area (Å²) in [7, 11) is 0. The van der Waals surface area contributed by atoms with E-state index in [1.54, 1.807) is 0 Å². The molecule has 126 valence electrons. The molecule has 0 saturated carbocycles. The van der Waals surface area contributed by atoms with Gasteiger partial charge in [-0.1, -0.05) is 25.5 Å². The van der Waals surface area contributed by atoms with Crippen molar-refractivity contribution in [3.05, 3.63) is 39.9 Å². The molecule has 1 aromatic rings. The molecule has 2 amide bonds. The van der Waals surface area contributed by atoms with E-state index in [1.807, 2.05) is 6.92 Å². The van der Waals surface area contributed by atoms with E-state index in [1.165, 1.54) is 24.3 Å². The molecule has 1 rings (SSSR count). The highest BCUT2D eigenvalue weighted by Crippen LogP contribution is 2.13. The molecule has 0 radical (unpaired) electrons. The number of hydrazine groups is 1. The van der Waals surface area contributed by atoms with Crippen LogP contribution in [0.5, 0.6) is 0 Å². The van der Waals surface area contributed by atoms with Gasteiger partial charge >= 0.3 is 12.2 Å². The van der Waals surface area contributed by atoms with Crippen LogP contribution in [0.2, 0.25) is 0 Å². The Bertz CT molecular complexity index is 560. The predicted octanol–water partition coefficient (Wildman–Crippen LogP) is 2.81. The van der Waals surface area contributed by atoms with Crippen LogP contribution in [0.25, 0.3) is 0 Å². The number of carboxylic acid groups (broad SMARTS) is 2. The van der Waals surface area contributed by atoms with Crippen molar-refractivity contribution < 1.29 is 24.7 Å². The molecule has 0 aromatic heterocycles. The summed E-state index contributed by atoms with van der Waals surface area (Å²) in [6.45, 7) is 1.92. The van der Waals surface area contributed by atoms with Gasteiger partial charge < -0.3 is 10.2 Å². The normalized spacial score (nSPS) is 10.1. The van der Waals surface area contributed by atoms with Gasteiger partial charge in [-0.05, 0) is 18.4 Å². The summed E-state index contributed by atoms with van der Waals surface area (Å²) in [5.74, 6) is 0. The Morgan fingerprint density at radius 2 is 1.61 bits per heavy atom. The lowest BCUT2D eigenvalue weighted by Crippen LogP contribution is -2.50. The Balaban J connectivity index is 2.76. The second-order valence-electron chi connectivity index (χ2n) is 4.84. The fraction of sp³-hybridized carbons (Fsp3) is 0.429. The highest BCUT2D eigenvalue weighted by Gasteiger charge is 2.24. The Kier molecular flexibility index (Phi) is 6.78. The number of benzene rings is 1. The van der Waals surface area contributed by atoms with Gasteiger partial charge in [0.2, 0.25) is 0 Å². The number of rotatable bonds is 7. The zero-order chi connectivity index (χ0) is 17.4. The standard InChI is InChI=1S/C14H19N3O6/c1-2-3-9-15(13(18)19)16(14(20)21)10-8-11-4-6-12(7-5-11)17(22)23/h4-7H,2-3,8-10H2,1H3,(H,18,19)(H,20,21). The number of hydrogen-bond donors (Lipinski definition) is 2. The molecule has 23 heavy (non-hydrogen) atoms. The number of hydrogen-bond acceptors (Lipinski definition) is 4. The minimum absolute atomic E-state index is 0.0524. The van der Waals surface area contributed by atoms with Crippen molar-refractivity contribution in [1.82, 2.24) is 10.0 Å². The molecule has 2 N–H and O–H groups in total. The average molecular weight is 325 g/mol. The van der Waals surface area contributed by atoms with Crippen LogP contribution in [-0.2, 0) is 6.42 Å². The van der Waals surface area contributed by atoms with Crippen LogP contribution in [0.1, 0.15) is 25.3 Å². The number of nitrogens with zero attached hydrogens (tertiary/aromatic N) is 3. The summed E-state index contributed by atoms with van der Waals surface area (Å²) in [5.41, 5.74) is 0.627. The lowest BCUT2D eigenvalue weighted by molar-refractivity contribution is -0.384.